The highest BCUT2D eigenvalue weighted by atomic mass is 15.1. The molecule has 1 aromatic carbocycles. The molecule has 1 aliphatic rings. The quantitative estimate of drug-likeness (QED) is 0.604. The Bertz CT molecular complexity index is 854. The molecule has 1 aromatic heterocycles. The fourth-order valence-corrected chi connectivity index (χ4v) is 3.39. The Morgan fingerprint density at radius 2 is 2.04 bits per heavy atom. The second-order valence-corrected chi connectivity index (χ2v) is 7.29. The Balaban J connectivity index is 1.55. The average molecular weight is 375 g/mol. The van der Waals surface area contributed by atoms with Crippen molar-refractivity contribution in [2.75, 3.05) is 25.0 Å². The normalized spacial score (nSPS) is 13.5. The summed E-state index contributed by atoms with van der Waals surface area (Å²) in [6, 6.07) is 10.2. The number of nitrogens with zero attached hydrogens (tertiary/aromatic N) is 2. The summed E-state index contributed by atoms with van der Waals surface area (Å²) in [5, 5.41) is 6.87. The molecule has 2 aromatic rings. The van der Waals surface area contributed by atoms with Gasteiger partial charge in [-0.3, -0.25) is 4.98 Å². The maximum atomic E-state index is 4.21. The summed E-state index contributed by atoms with van der Waals surface area (Å²) in [7, 11) is 0. The minimum atomic E-state index is 0.831. The molecule has 0 radical (unpaired) electrons. The van der Waals surface area contributed by atoms with E-state index >= 15 is 0 Å². The molecule has 2 heterocycles. The van der Waals surface area contributed by atoms with E-state index in [4.69, 9.17) is 0 Å². The van der Waals surface area contributed by atoms with Gasteiger partial charge in [-0.15, -0.1) is 0 Å². The van der Waals surface area contributed by atoms with Crippen LogP contribution < -0.4 is 10.6 Å². The van der Waals surface area contributed by atoms with Gasteiger partial charge >= 0.3 is 0 Å². The first-order chi connectivity index (χ1) is 13.5. The van der Waals surface area contributed by atoms with E-state index < -0.39 is 0 Å². The van der Waals surface area contributed by atoms with Crippen LogP contribution in [0.5, 0.6) is 0 Å². The Morgan fingerprint density at radius 3 is 2.75 bits per heavy atom. The summed E-state index contributed by atoms with van der Waals surface area (Å²) in [5.41, 5.74) is 7.30. The summed E-state index contributed by atoms with van der Waals surface area (Å²) in [6.45, 7) is 17.7. The van der Waals surface area contributed by atoms with Crippen molar-refractivity contribution in [3.63, 3.8) is 0 Å². The van der Waals surface area contributed by atoms with E-state index in [1.807, 2.05) is 18.3 Å². The van der Waals surface area contributed by atoms with Crippen LogP contribution in [0.15, 0.2) is 68.2 Å². The Hall–Kier alpha value is -3.01. The van der Waals surface area contributed by atoms with Crippen LogP contribution in [-0.2, 0) is 0 Å². The monoisotopic (exact) mass is 374 g/mol. The standard InChI is InChI=1S/C24H30N4/c1-18-10-11-22(16-24(18)27-21(4)23-9-5-12-25-17-23)20(3)26-13-7-15-28-14-6-8-19(28)2/h5,9-12,16-17,26-27H,2-4,6-8,13-15H2,1H3. The molecule has 0 atom stereocenters. The number of hydrogen-bond acceptors (Lipinski definition) is 4. The molecule has 4 heteroatoms. The highest BCUT2D eigenvalue weighted by Gasteiger charge is 2.13. The van der Waals surface area contributed by atoms with E-state index in [9.17, 15) is 0 Å². The fraction of sp³-hybridized carbons (Fsp3) is 0.292. The zero-order valence-corrected chi connectivity index (χ0v) is 16.8. The number of allylic oxidation sites excluding steroid dienone is 1. The van der Waals surface area contributed by atoms with Gasteiger partial charge in [-0.2, -0.15) is 0 Å². The largest absolute Gasteiger partial charge is 0.385 e. The molecule has 0 saturated carbocycles. The molecule has 1 saturated heterocycles. The number of benzene rings is 1. The number of likely N-dealkylation sites (tertiary alicyclic amines) is 1. The molecule has 28 heavy (non-hydrogen) atoms. The summed E-state index contributed by atoms with van der Waals surface area (Å²) in [6.07, 6.45) is 7.03. The van der Waals surface area contributed by atoms with Crippen molar-refractivity contribution in [1.29, 1.82) is 0 Å². The predicted octanol–water partition coefficient (Wildman–Crippen LogP) is 5.03. The van der Waals surface area contributed by atoms with Gasteiger partial charge in [0.1, 0.15) is 0 Å². The molecular weight excluding hydrogens is 344 g/mol. The van der Waals surface area contributed by atoms with Crippen LogP contribution in [-0.4, -0.2) is 29.5 Å². The highest BCUT2D eigenvalue weighted by molar-refractivity contribution is 5.78. The Kier molecular flexibility index (Phi) is 6.53. The van der Waals surface area contributed by atoms with Gasteiger partial charge in [-0.25, -0.2) is 0 Å². The van der Waals surface area contributed by atoms with Gasteiger partial charge < -0.3 is 15.5 Å². The number of pyridine rings is 1. The van der Waals surface area contributed by atoms with Crippen LogP contribution in [0.1, 0.15) is 36.0 Å². The second kappa shape index (κ2) is 9.27. The molecule has 0 bridgehead atoms. The summed E-state index contributed by atoms with van der Waals surface area (Å²) in [4.78, 5) is 6.55. The van der Waals surface area contributed by atoms with Crippen molar-refractivity contribution >= 4 is 17.1 Å². The number of hydrogen-bond donors (Lipinski definition) is 2. The van der Waals surface area contributed by atoms with Gasteiger partial charge in [-0.05, 0) is 55.5 Å². The van der Waals surface area contributed by atoms with E-state index in [2.05, 4.69) is 65.4 Å². The predicted molar refractivity (Wildman–Crippen MR) is 120 cm³/mol. The molecule has 1 aliphatic heterocycles. The number of aryl methyl sites for hydroxylation is 1. The molecule has 4 nitrogen and oxygen atoms in total. The van der Waals surface area contributed by atoms with E-state index in [0.717, 1.165) is 66.2 Å². The van der Waals surface area contributed by atoms with Crippen molar-refractivity contribution in [1.82, 2.24) is 15.2 Å². The fourth-order valence-electron chi connectivity index (χ4n) is 3.39. The summed E-state index contributed by atoms with van der Waals surface area (Å²) in [5.74, 6) is 0. The lowest BCUT2D eigenvalue weighted by molar-refractivity contribution is 0.386. The van der Waals surface area contributed by atoms with Crippen molar-refractivity contribution in [2.45, 2.75) is 26.2 Å². The van der Waals surface area contributed by atoms with Crippen molar-refractivity contribution in [3.05, 3.63) is 84.8 Å². The SMILES string of the molecule is C=C(NCCCN1CCCC1=C)c1ccc(C)c(NC(=C)c2cccnc2)c1. The zero-order valence-electron chi connectivity index (χ0n) is 16.8. The van der Waals surface area contributed by atoms with Gasteiger partial charge in [0.15, 0.2) is 0 Å². The third-order valence-electron chi connectivity index (χ3n) is 5.17. The maximum absolute atomic E-state index is 4.21. The van der Waals surface area contributed by atoms with Crippen LogP contribution in [0.3, 0.4) is 0 Å². The third-order valence-corrected chi connectivity index (χ3v) is 5.17. The van der Waals surface area contributed by atoms with Gasteiger partial charge in [0.25, 0.3) is 0 Å². The Labute approximate surface area is 168 Å². The lowest BCUT2D eigenvalue weighted by Gasteiger charge is -2.20. The number of aromatic nitrogens is 1. The van der Waals surface area contributed by atoms with Crippen LogP contribution in [0.25, 0.3) is 11.4 Å². The number of rotatable bonds is 9. The van der Waals surface area contributed by atoms with E-state index in [1.54, 1.807) is 6.20 Å². The smallest absolute Gasteiger partial charge is 0.0420 e. The summed E-state index contributed by atoms with van der Waals surface area (Å²) < 4.78 is 0. The highest BCUT2D eigenvalue weighted by Crippen LogP contribution is 2.24. The minimum absolute atomic E-state index is 0.831. The van der Waals surface area contributed by atoms with Crippen molar-refractivity contribution in [2.24, 2.45) is 0 Å². The molecule has 0 unspecified atom stereocenters. The molecule has 0 spiro atoms. The molecular formula is C24H30N4. The molecule has 2 N–H and O–H groups in total. The van der Waals surface area contributed by atoms with E-state index in [1.165, 1.54) is 12.1 Å². The van der Waals surface area contributed by atoms with E-state index in [-0.39, 0.29) is 0 Å². The van der Waals surface area contributed by atoms with Gasteiger partial charge in [-0.1, -0.05) is 31.9 Å². The van der Waals surface area contributed by atoms with Crippen LogP contribution in [0.2, 0.25) is 0 Å². The molecule has 0 amide bonds. The maximum Gasteiger partial charge on any atom is 0.0420 e. The van der Waals surface area contributed by atoms with Gasteiger partial charge in [0.2, 0.25) is 0 Å². The third kappa shape index (κ3) is 5.03. The molecule has 146 valence electrons. The van der Waals surface area contributed by atoms with E-state index in [0.29, 0.717) is 0 Å². The second-order valence-electron chi connectivity index (χ2n) is 7.29. The van der Waals surface area contributed by atoms with Crippen molar-refractivity contribution in [3.8, 4) is 0 Å². The number of anilines is 1. The topological polar surface area (TPSA) is 40.2 Å². The van der Waals surface area contributed by atoms with Crippen LogP contribution in [0.4, 0.5) is 5.69 Å². The first kappa shape index (κ1) is 19.7. The van der Waals surface area contributed by atoms with Gasteiger partial charge in [0, 0.05) is 60.4 Å². The average Bonchev–Trinajstić information content (AvgIpc) is 3.12. The van der Waals surface area contributed by atoms with Crippen molar-refractivity contribution < 1.29 is 0 Å². The van der Waals surface area contributed by atoms with Crippen LogP contribution in [0, 0.1) is 6.92 Å². The first-order valence-corrected chi connectivity index (χ1v) is 9.87. The first-order valence-electron chi connectivity index (χ1n) is 9.87. The van der Waals surface area contributed by atoms with Crippen LogP contribution >= 0.6 is 0 Å². The minimum Gasteiger partial charge on any atom is -0.385 e. The number of nitrogens with one attached hydrogen (secondary N) is 2. The summed E-state index contributed by atoms with van der Waals surface area (Å²) >= 11 is 0. The lowest BCUT2D eigenvalue weighted by atomic mass is 10.1. The Morgan fingerprint density at radius 1 is 1.18 bits per heavy atom. The molecule has 3 rings (SSSR count). The molecule has 0 aliphatic carbocycles. The molecule has 1 fully saturated rings. The lowest BCUT2D eigenvalue weighted by Crippen LogP contribution is -2.23. The zero-order chi connectivity index (χ0) is 19.9. The van der Waals surface area contributed by atoms with Gasteiger partial charge in [0.05, 0.1) is 0 Å².